The average molecular weight is 472 g/mol. The number of amides is 2. The molecule has 2 aromatic carbocycles. The highest BCUT2D eigenvalue weighted by molar-refractivity contribution is 7.80. The maximum atomic E-state index is 12.8. The van der Waals surface area contributed by atoms with Crippen LogP contribution >= 0.6 is 35.2 Å². The molecule has 2 amide bonds. The van der Waals surface area contributed by atoms with Gasteiger partial charge >= 0.3 is 0 Å². The highest BCUT2D eigenvalue weighted by atomic mass is 35.5. The Hall–Kier alpha value is -2.48. The summed E-state index contributed by atoms with van der Waals surface area (Å²) >= 11 is 13.0. The monoisotopic (exact) mass is 471 g/mol. The predicted octanol–water partition coefficient (Wildman–Crippen LogP) is 5.74. The van der Waals surface area contributed by atoms with Crippen LogP contribution in [-0.4, -0.2) is 23.0 Å². The zero-order valence-corrected chi connectivity index (χ0v) is 19.1. The molecule has 3 N–H and O–H groups in total. The van der Waals surface area contributed by atoms with Gasteiger partial charge in [0.1, 0.15) is 4.88 Å². The minimum Gasteiger partial charge on any atom is -0.349 e. The van der Waals surface area contributed by atoms with Gasteiger partial charge in [0.05, 0.1) is 16.3 Å². The highest BCUT2D eigenvalue weighted by Gasteiger charge is 2.20. The fourth-order valence-electron chi connectivity index (χ4n) is 3.77. The molecular weight excluding hydrogens is 450 g/mol. The van der Waals surface area contributed by atoms with Gasteiger partial charge in [0.25, 0.3) is 11.8 Å². The van der Waals surface area contributed by atoms with E-state index in [1.807, 2.05) is 30.3 Å². The lowest BCUT2D eigenvalue weighted by molar-refractivity contribution is 0.0927. The van der Waals surface area contributed by atoms with Crippen LogP contribution in [0.1, 0.15) is 52.1 Å². The van der Waals surface area contributed by atoms with E-state index in [0.29, 0.717) is 21.2 Å². The maximum Gasteiger partial charge on any atom is 0.269 e. The molecule has 1 aliphatic rings. The van der Waals surface area contributed by atoms with Gasteiger partial charge in [-0.2, -0.15) is 0 Å². The van der Waals surface area contributed by atoms with Crippen LogP contribution in [0.5, 0.6) is 0 Å². The molecule has 0 unspecified atom stereocenters. The third-order valence-corrected chi connectivity index (χ3v) is 7.21. The summed E-state index contributed by atoms with van der Waals surface area (Å²) in [5.74, 6) is -0.524. The van der Waals surface area contributed by atoms with Crippen molar-refractivity contribution in [3.8, 4) is 0 Å². The molecular formula is C23H22ClN3O2S2. The lowest BCUT2D eigenvalue weighted by Crippen LogP contribution is -2.37. The summed E-state index contributed by atoms with van der Waals surface area (Å²) in [6, 6.07) is 14.9. The first kappa shape index (κ1) is 21.7. The fourth-order valence-corrected chi connectivity index (χ4v) is 5.39. The maximum absolute atomic E-state index is 12.8. The Labute approximate surface area is 195 Å². The number of thiophene rings is 1. The molecule has 3 aromatic rings. The van der Waals surface area contributed by atoms with Gasteiger partial charge in [-0.25, -0.2) is 0 Å². The number of nitrogens with one attached hydrogen (secondary N) is 3. The standard InChI is InChI=1S/C23H22ClN3O2S2/c24-19-16-11-5-7-13-18(16)31-20(19)22(29)27-23(30)26-17-12-6-4-10-15(17)21(28)25-14-8-2-1-3-9-14/h4-7,10-14H,1-3,8-9H2,(H,25,28)(H2,26,27,29,30). The van der Waals surface area contributed by atoms with Crippen LogP contribution in [0.3, 0.4) is 0 Å². The number of anilines is 1. The van der Waals surface area contributed by atoms with Crippen molar-refractivity contribution in [2.24, 2.45) is 0 Å². The van der Waals surface area contributed by atoms with E-state index in [-0.39, 0.29) is 23.0 Å². The second kappa shape index (κ2) is 9.77. The number of fused-ring (bicyclic) bond motifs is 1. The lowest BCUT2D eigenvalue weighted by Gasteiger charge is -2.23. The molecule has 8 heteroatoms. The lowest BCUT2D eigenvalue weighted by atomic mass is 9.95. The fraction of sp³-hybridized carbons (Fsp3) is 0.261. The van der Waals surface area contributed by atoms with Crippen molar-refractivity contribution in [2.75, 3.05) is 5.32 Å². The van der Waals surface area contributed by atoms with Gasteiger partial charge in [-0.1, -0.05) is 61.2 Å². The van der Waals surface area contributed by atoms with E-state index < -0.39 is 0 Å². The number of rotatable bonds is 4. The molecule has 0 saturated heterocycles. The topological polar surface area (TPSA) is 70.2 Å². The van der Waals surface area contributed by atoms with E-state index in [4.69, 9.17) is 23.8 Å². The minimum absolute atomic E-state index is 0.108. The summed E-state index contributed by atoms with van der Waals surface area (Å²) in [7, 11) is 0. The molecule has 0 aliphatic heterocycles. The summed E-state index contributed by atoms with van der Waals surface area (Å²) < 4.78 is 0.932. The first-order valence-electron chi connectivity index (χ1n) is 10.2. The van der Waals surface area contributed by atoms with E-state index >= 15 is 0 Å². The summed E-state index contributed by atoms with van der Waals surface area (Å²) in [4.78, 5) is 25.9. The van der Waals surface area contributed by atoms with Crippen molar-refractivity contribution in [2.45, 2.75) is 38.1 Å². The average Bonchev–Trinajstić information content (AvgIpc) is 3.11. The Balaban J connectivity index is 1.44. The van der Waals surface area contributed by atoms with Crippen molar-refractivity contribution in [3.63, 3.8) is 0 Å². The van der Waals surface area contributed by atoms with Gasteiger partial charge in [-0.3, -0.25) is 14.9 Å². The third kappa shape index (κ3) is 5.06. The van der Waals surface area contributed by atoms with E-state index in [0.717, 1.165) is 35.8 Å². The highest BCUT2D eigenvalue weighted by Crippen LogP contribution is 2.35. The van der Waals surface area contributed by atoms with Crippen LogP contribution in [-0.2, 0) is 0 Å². The second-order valence-corrected chi connectivity index (χ2v) is 9.34. The van der Waals surface area contributed by atoms with Gasteiger partial charge in [0.2, 0.25) is 0 Å². The summed E-state index contributed by atoms with van der Waals surface area (Å²) in [6.07, 6.45) is 5.52. The zero-order chi connectivity index (χ0) is 21.8. The van der Waals surface area contributed by atoms with Crippen molar-refractivity contribution in [1.82, 2.24) is 10.6 Å². The molecule has 0 atom stereocenters. The summed E-state index contributed by atoms with van der Waals surface area (Å²) in [5, 5.41) is 10.1. The molecule has 1 heterocycles. The van der Waals surface area contributed by atoms with E-state index in [1.54, 1.807) is 18.2 Å². The number of hydrogen-bond donors (Lipinski definition) is 3. The molecule has 0 spiro atoms. The van der Waals surface area contributed by atoms with Crippen LogP contribution in [0.25, 0.3) is 10.1 Å². The number of carbonyl (C=O) groups excluding carboxylic acids is 2. The van der Waals surface area contributed by atoms with Crippen molar-refractivity contribution < 1.29 is 9.59 Å². The molecule has 1 aliphatic carbocycles. The van der Waals surface area contributed by atoms with Gasteiger partial charge in [-0.05, 0) is 43.3 Å². The van der Waals surface area contributed by atoms with Gasteiger partial charge in [0, 0.05) is 16.1 Å². The number of halogens is 1. The van der Waals surface area contributed by atoms with E-state index in [9.17, 15) is 9.59 Å². The number of benzene rings is 2. The Kier molecular flexibility index (Phi) is 6.85. The van der Waals surface area contributed by atoms with Crippen LogP contribution in [0.15, 0.2) is 48.5 Å². The van der Waals surface area contributed by atoms with Crippen molar-refractivity contribution >= 4 is 67.9 Å². The SMILES string of the molecule is O=C(NC1CCCCC1)c1ccccc1NC(=S)NC(=O)c1sc2ccccc2c1Cl. The van der Waals surface area contributed by atoms with Crippen molar-refractivity contribution in [1.29, 1.82) is 0 Å². The molecule has 1 saturated carbocycles. The molecule has 1 fully saturated rings. The number of carbonyl (C=O) groups is 2. The first-order chi connectivity index (χ1) is 15.0. The number of para-hydroxylation sites is 1. The number of hydrogen-bond acceptors (Lipinski definition) is 4. The molecule has 160 valence electrons. The minimum atomic E-state index is -0.382. The first-order valence-corrected chi connectivity index (χ1v) is 11.8. The van der Waals surface area contributed by atoms with Gasteiger partial charge in [0.15, 0.2) is 5.11 Å². The summed E-state index contributed by atoms with van der Waals surface area (Å²) in [5.41, 5.74) is 1.04. The third-order valence-electron chi connectivity index (χ3n) is 5.33. The van der Waals surface area contributed by atoms with E-state index in [2.05, 4.69) is 16.0 Å². The molecule has 0 bridgehead atoms. The number of thiocarbonyl (C=S) groups is 1. The Bertz CT molecular complexity index is 1140. The van der Waals surface area contributed by atoms with Crippen LogP contribution < -0.4 is 16.0 Å². The quantitative estimate of drug-likeness (QED) is 0.424. The molecule has 5 nitrogen and oxygen atoms in total. The molecule has 0 radical (unpaired) electrons. The van der Waals surface area contributed by atoms with Gasteiger partial charge in [-0.15, -0.1) is 11.3 Å². The molecule has 4 rings (SSSR count). The Morgan fingerprint density at radius 1 is 0.968 bits per heavy atom. The van der Waals surface area contributed by atoms with Crippen LogP contribution in [0.4, 0.5) is 5.69 Å². The van der Waals surface area contributed by atoms with Crippen LogP contribution in [0.2, 0.25) is 5.02 Å². The summed E-state index contributed by atoms with van der Waals surface area (Å²) in [6.45, 7) is 0. The van der Waals surface area contributed by atoms with Crippen LogP contribution in [0, 0.1) is 0 Å². The largest absolute Gasteiger partial charge is 0.349 e. The zero-order valence-electron chi connectivity index (χ0n) is 16.7. The molecule has 1 aromatic heterocycles. The Morgan fingerprint density at radius 2 is 1.68 bits per heavy atom. The normalized spacial score (nSPS) is 14.2. The Morgan fingerprint density at radius 3 is 2.45 bits per heavy atom. The van der Waals surface area contributed by atoms with Crippen molar-refractivity contribution in [3.05, 3.63) is 64.0 Å². The van der Waals surface area contributed by atoms with E-state index in [1.165, 1.54) is 17.8 Å². The van der Waals surface area contributed by atoms with Gasteiger partial charge < -0.3 is 10.6 Å². The second-order valence-electron chi connectivity index (χ2n) is 7.50. The smallest absolute Gasteiger partial charge is 0.269 e. The predicted molar refractivity (Wildman–Crippen MR) is 131 cm³/mol. The molecule has 31 heavy (non-hydrogen) atoms.